The van der Waals surface area contributed by atoms with Crippen molar-refractivity contribution in [1.82, 2.24) is 15.5 Å². The molecule has 0 heterocycles. The van der Waals surface area contributed by atoms with Crippen LogP contribution < -0.4 is 15.4 Å². The molecule has 2 rings (SSSR count). The number of nitrogens with one attached hydrogen (secondary N) is 2. The van der Waals surface area contributed by atoms with Crippen molar-refractivity contribution in [3.63, 3.8) is 0 Å². The van der Waals surface area contributed by atoms with E-state index < -0.39 is 0 Å². The number of likely N-dealkylation sites (N-methyl/N-ethyl adjacent to an activating group) is 1. The molecule has 0 aromatic heterocycles. The van der Waals surface area contributed by atoms with Crippen LogP contribution in [0.15, 0.2) is 29.3 Å². The monoisotopic (exact) mass is 474 g/mol. The maximum atomic E-state index is 11.8. The van der Waals surface area contributed by atoms with Crippen LogP contribution in [0, 0.1) is 5.92 Å². The summed E-state index contributed by atoms with van der Waals surface area (Å²) in [7, 11) is 3.49. The van der Waals surface area contributed by atoms with Gasteiger partial charge in [-0.1, -0.05) is 25.1 Å². The van der Waals surface area contributed by atoms with Gasteiger partial charge in [0, 0.05) is 26.2 Å². The molecule has 0 radical (unpaired) electrons. The fourth-order valence-electron chi connectivity index (χ4n) is 2.17. The van der Waals surface area contributed by atoms with Gasteiger partial charge >= 0.3 is 0 Å². The topological polar surface area (TPSA) is 66.0 Å². The number of ether oxygens (including phenoxy) is 1. The first kappa shape index (κ1) is 22.5. The molecular formula is C19H31IN4O2. The summed E-state index contributed by atoms with van der Waals surface area (Å²) < 4.78 is 5.93. The zero-order valence-corrected chi connectivity index (χ0v) is 18.3. The van der Waals surface area contributed by atoms with Crippen LogP contribution in [0.1, 0.15) is 31.7 Å². The largest absolute Gasteiger partial charge is 0.493 e. The van der Waals surface area contributed by atoms with Gasteiger partial charge in [0.05, 0.1) is 19.7 Å². The van der Waals surface area contributed by atoms with Gasteiger partial charge in [-0.3, -0.25) is 4.79 Å². The summed E-state index contributed by atoms with van der Waals surface area (Å²) in [4.78, 5) is 17.9. The Balaban J connectivity index is 0.00000338. The highest BCUT2D eigenvalue weighted by Gasteiger charge is 2.22. The van der Waals surface area contributed by atoms with E-state index >= 15 is 0 Å². The number of halogens is 1. The van der Waals surface area contributed by atoms with Gasteiger partial charge in [-0.25, -0.2) is 4.99 Å². The van der Waals surface area contributed by atoms with Crippen LogP contribution >= 0.6 is 24.0 Å². The third-order valence-electron chi connectivity index (χ3n) is 4.00. The van der Waals surface area contributed by atoms with Crippen LogP contribution in [-0.4, -0.2) is 50.6 Å². The molecule has 0 spiro atoms. The second-order valence-electron chi connectivity index (χ2n) is 6.60. The quantitative estimate of drug-likeness (QED) is 0.328. The summed E-state index contributed by atoms with van der Waals surface area (Å²) in [6.45, 7) is 4.42. The highest BCUT2D eigenvalue weighted by Crippen LogP contribution is 2.30. The summed E-state index contributed by atoms with van der Waals surface area (Å²) in [5, 5.41) is 6.33. The molecule has 1 aliphatic rings. The van der Waals surface area contributed by atoms with E-state index in [2.05, 4.69) is 22.5 Å². The highest BCUT2D eigenvalue weighted by atomic mass is 127. The molecule has 1 amide bonds. The summed E-state index contributed by atoms with van der Waals surface area (Å²) in [5.74, 6) is 2.28. The van der Waals surface area contributed by atoms with E-state index in [9.17, 15) is 4.79 Å². The summed E-state index contributed by atoms with van der Waals surface area (Å²) in [6, 6.07) is 8.01. The SMILES string of the molecule is CCCNC(=NCc1ccccc1OCC1CC1)NCC(=O)N(C)C.I. The number of carbonyl (C=O) groups excluding carboxylic acids is 1. The standard InChI is InChI=1S/C19H30N4O2.HI/c1-4-11-20-19(22-13-18(24)23(2)3)21-12-16-7-5-6-8-17(16)25-14-15-9-10-15;/h5-8,15H,4,9-14H2,1-3H3,(H2,20,21,22);1H. The molecule has 0 unspecified atom stereocenters. The number of guanidine groups is 1. The second-order valence-corrected chi connectivity index (χ2v) is 6.60. The molecule has 1 aromatic rings. The molecule has 0 saturated heterocycles. The van der Waals surface area contributed by atoms with Gasteiger partial charge in [-0.15, -0.1) is 24.0 Å². The predicted molar refractivity (Wildman–Crippen MR) is 116 cm³/mol. The van der Waals surface area contributed by atoms with E-state index in [1.165, 1.54) is 12.8 Å². The average molecular weight is 474 g/mol. The van der Waals surface area contributed by atoms with Crippen molar-refractivity contribution in [1.29, 1.82) is 0 Å². The predicted octanol–water partition coefficient (Wildman–Crippen LogP) is 2.63. The minimum atomic E-state index is 0. The van der Waals surface area contributed by atoms with Gasteiger partial charge in [-0.05, 0) is 31.2 Å². The van der Waals surface area contributed by atoms with Crippen LogP contribution in [0.3, 0.4) is 0 Å². The Morgan fingerprint density at radius 1 is 1.27 bits per heavy atom. The van der Waals surface area contributed by atoms with Crippen molar-refractivity contribution in [2.24, 2.45) is 10.9 Å². The number of rotatable bonds is 9. The molecule has 0 atom stereocenters. The first-order valence-electron chi connectivity index (χ1n) is 9.03. The molecule has 1 aromatic carbocycles. The van der Waals surface area contributed by atoms with Crippen molar-refractivity contribution in [2.45, 2.75) is 32.7 Å². The molecule has 26 heavy (non-hydrogen) atoms. The third-order valence-corrected chi connectivity index (χ3v) is 4.00. The molecule has 1 fully saturated rings. The Hall–Kier alpha value is -1.51. The zero-order chi connectivity index (χ0) is 18.1. The number of hydrogen-bond acceptors (Lipinski definition) is 3. The molecule has 0 aliphatic heterocycles. The zero-order valence-electron chi connectivity index (χ0n) is 16.0. The van der Waals surface area contributed by atoms with Crippen LogP contribution in [0.5, 0.6) is 5.75 Å². The minimum Gasteiger partial charge on any atom is -0.493 e. The van der Waals surface area contributed by atoms with Gasteiger partial charge in [0.25, 0.3) is 0 Å². The van der Waals surface area contributed by atoms with Crippen LogP contribution in [0.25, 0.3) is 0 Å². The van der Waals surface area contributed by atoms with Gasteiger partial charge < -0.3 is 20.3 Å². The first-order chi connectivity index (χ1) is 12.1. The fraction of sp³-hybridized carbons (Fsp3) is 0.579. The summed E-state index contributed by atoms with van der Waals surface area (Å²) >= 11 is 0. The van der Waals surface area contributed by atoms with E-state index in [1.54, 1.807) is 19.0 Å². The number of aliphatic imine (C=N–C) groups is 1. The van der Waals surface area contributed by atoms with E-state index in [0.29, 0.717) is 12.5 Å². The maximum absolute atomic E-state index is 11.8. The molecule has 7 heteroatoms. The number of carbonyl (C=O) groups is 1. The third kappa shape index (κ3) is 8.25. The normalized spacial score (nSPS) is 13.6. The molecular weight excluding hydrogens is 443 g/mol. The Kier molecular flexibility index (Phi) is 10.4. The average Bonchev–Trinajstić information content (AvgIpc) is 3.44. The Morgan fingerprint density at radius 3 is 2.65 bits per heavy atom. The molecule has 1 saturated carbocycles. The number of nitrogens with zero attached hydrogens (tertiary/aromatic N) is 2. The smallest absolute Gasteiger partial charge is 0.241 e. The van der Waals surface area contributed by atoms with E-state index in [0.717, 1.165) is 36.8 Å². The minimum absolute atomic E-state index is 0. The first-order valence-corrected chi connectivity index (χ1v) is 9.03. The van der Waals surface area contributed by atoms with E-state index in [1.807, 2.05) is 24.3 Å². The van der Waals surface area contributed by atoms with Crippen molar-refractivity contribution in [2.75, 3.05) is 33.8 Å². The fourth-order valence-corrected chi connectivity index (χ4v) is 2.17. The Morgan fingerprint density at radius 2 is 2.00 bits per heavy atom. The van der Waals surface area contributed by atoms with Gasteiger partial charge in [0.2, 0.25) is 5.91 Å². The van der Waals surface area contributed by atoms with Crippen LogP contribution in [0.2, 0.25) is 0 Å². The lowest BCUT2D eigenvalue weighted by Crippen LogP contribution is -2.43. The lowest BCUT2D eigenvalue weighted by molar-refractivity contribution is -0.127. The molecule has 6 nitrogen and oxygen atoms in total. The van der Waals surface area contributed by atoms with E-state index in [4.69, 9.17) is 4.74 Å². The number of hydrogen-bond donors (Lipinski definition) is 2. The van der Waals surface area contributed by atoms with Gasteiger partial charge in [0.15, 0.2) is 5.96 Å². The van der Waals surface area contributed by atoms with Gasteiger partial charge in [-0.2, -0.15) is 0 Å². The van der Waals surface area contributed by atoms with Crippen molar-refractivity contribution in [3.8, 4) is 5.75 Å². The Labute approximate surface area is 173 Å². The lowest BCUT2D eigenvalue weighted by atomic mass is 10.2. The molecule has 0 bridgehead atoms. The molecule has 2 N–H and O–H groups in total. The van der Waals surface area contributed by atoms with Crippen LogP contribution in [0.4, 0.5) is 0 Å². The maximum Gasteiger partial charge on any atom is 0.241 e. The van der Waals surface area contributed by atoms with Gasteiger partial charge in [0.1, 0.15) is 5.75 Å². The number of amides is 1. The van der Waals surface area contributed by atoms with Crippen molar-refractivity contribution in [3.05, 3.63) is 29.8 Å². The number of para-hydroxylation sites is 1. The second kappa shape index (κ2) is 12.0. The van der Waals surface area contributed by atoms with Crippen molar-refractivity contribution < 1.29 is 9.53 Å². The number of benzene rings is 1. The molecule has 146 valence electrons. The summed E-state index contributed by atoms with van der Waals surface area (Å²) in [6.07, 6.45) is 3.54. The van der Waals surface area contributed by atoms with Crippen LogP contribution in [-0.2, 0) is 11.3 Å². The lowest BCUT2D eigenvalue weighted by Gasteiger charge is -2.15. The molecule has 1 aliphatic carbocycles. The highest BCUT2D eigenvalue weighted by molar-refractivity contribution is 14.0. The van der Waals surface area contributed by atoms with E-state index in [-0.39, 0.29) is 36.4 Å². The van der Waals surface area contributed by atoms with Crippen molar-refractivity contribution >= 4 is 35.8 Å². The Bertz CT molecular complexity index is 589. The summed E-state index contributed by atoms with van der Waals surface area (Å²) in [5.41, 5.74) is 1.06.